The Balaban J connectivity index is 1.52. The SMILES string of the molecule is COC(=O)c1ccc(NC(=O)C2CC2C(=O)Nc2ccc(C(=O)OC)cc2)cc1. The van der Waals surface area contributed by atoms with Gasteiger partial charge in [-0.25, -0.2) is 9.59 Å². The van der Waals surface area contributed by atoms with Crippen molar-refractivity contribution in [1.82, 2.24) is 0 Å². The van der Waals surface area contributed by atoms with Crippen LogP contribution in [0, 0.1) is 11.8 Å². The lowest BCUT2D eigenvalue weighted by Gasteiger charge is -2.07. The van der Waals surface area contributed by atoms with Crippen LogP contribution in [0.3, 0.4) is 0 Å². The largest absolute Gasteiger partial charge is 0.465 e. The number of esters is 2. The zero-order chi connectivity index (χ0) is 21.0. The highest BCUT2D eigenvalue weighted by Crippen LogP contribution is 2.40. The molecule has 0 aromatic heterocycles. The number of benzene rings is 2. The standard InChI is InChI=1S/C21H20N2O6/c1-28-20(26)12-3-7-14(8-4-12)22-18(24)16-11-17(16)19(25)23-15-9-5-13(6-10-15)21(27)29-2/h3-10,16-17H,11H2,1-2H3,(H,22,24)(H,23,25). The quantitative estimate of drug-likeness (QED) is 0.726. The van der Waals surface area contributed by atoms with Gasteiger partial charge in [0.1, 0.15) is 0 Å². The monoisotopic (exact) mass is 396 g/mol. The van der Waals surface area contributed by atoms with Crippen molar-refractivity contribution < 1.29 is 28.7 Å². The Morgan fingerprint density at radius 3 is 1.34 bits per heavy atom. The lowest BCUT2D eigenvalue weighted by molar-refractivity contribution is -0.122. The summed E-state index contributed by atoms with van der Waals surface area (Å²) in [6, 6.07) is 12.6. The molecule has 8 heteroatoms. The van der Waals surface area contributed by atoms with Crippen LogP contribution < -0.4 is 10.6 Å². The van der Waals surface area contributed by atoms with E-state index < -0.39 is 23.8 Å². The van der Waals surface area contributed by atoms with E-state index in [1.807, 2.05) is 0 Å². The van der Waals surface area contributed by atoms with E-state index in [0.717, 1.165) is 0 Å². The van der Waals surface area contributed by atoms with Crippen molar-refractivity contribution in [2.45, 2.75) is 6.42 Å². The van der Waals surface area contributed by atoms with Crippen molar-refractivity contribution in [3.8, 4) is 0 Å². The molecule has 1 aliphatic carbocycles. The molecule has 2 atom stereocenters. The van der Waals surface area contributed by atoms with Crippen molar-refractivity contribution in [3.05, 3.63) is 59.7 Å². The molecule has 1 aliphatic rings. The summed E-state index contributed by atoms with van der Waals surface area (Å²) in [7, 11) is 2.59. The summed E-state index contributed by atoms with van der Waals surface area (Å²) >= 11 is 0. The van der Waals surface area contributed by atoms with E-state index >= 15 is 0 Å². The maximum Gasteiger partial charge on any atom is 0.337 e. The van der Waals surface area contributed by atoms with Crippen LogP contribution in [0.25, 0.3) is 0 Å². The fourth-order valence-corrected chi connectivity index (χ4v) is 2.86. The normalized spacial score (nSPS) is 17.0. The molecule has 0 radical (unpaired) electrons. The molecule has 2 amide bonds. The predicted molar refractivity (Wildman–Crippen MR) is 104 cm³/mol. The molecule has 1 fully saturated rings. The third kappa shape index (κ3) is 4.78. The van der Waals surface area contributed by atoms with E-state index in [-0.39, 0.29) is 11.8 Å². The molecule has 8 nitrogen and oxygen atoms in total. The number of carbonyl (C=O) groups is 4. The van der Waals surface area contributed by atoms with Gasteiger partial charge >= 0.3 is 11.9 Å². The number of amides is 2. The second-order valence-corrected chi connectivity index (χ2v) is 6.57. The fraction of sp³-hybridized carbons (Fsp3) is 0.238. The van der Waals surface area contributed by atoms with Gasteiger partial charge in [-0.15, -0.1) is 0 Å². The second kappa shape index (κ2) is 8.55. The summed E-state index contributed by atoms with van der Waals surface area (Å²) < 4.78 is 9.25. The molecule has 2 aromatic rings. The molecule has 0 heterocycles. The van der Waals surface area contributed by atoms with Crippen molar-refractivity contribution in [1.29, 1.82) is 0 Å². The van der Waals surface area contributed by atoms with Crippen molar-refractivity contribution in [2.75, 3.05) is 24.9 Å². The average Bonchev–Trinajstić information content (AvgIpc) is 3.55. The molecule has 3 rings (SSSR count). The molecular formula is C21H20N2O6. The van der Waals surface area contributed by atoms with Crippen molar-refractivity contribution in [2.24, 2.45) is 11.8 Å². The van der Waals surface area contributed by atoms with Crippen LogP contribution in [0.4, 0.5) is 11.4 Å². The van der Waals surface area contributed by atoms with Gasteiger partial charge in [0.25, 0.3) is 0 Å². The molecule has 2 aromatic carbocycles. The van der Waals surface area contributed by atoms with Gasteiger partial charge in [0.2, 0.25) is 11.8 Å². The van der Waals surface area contributed by atoms with Crippen LogP contribution in [0.1, 0.15) is 27.1 Å². The molecule has 1 saturated carbocycles. The molecule has 2 unspecified atom stereocenters. The number of methoxy groups -OCH3 is 2. The summed E-state index contributed by atoms with van der Waals surface area (Å²) in [5, 5.41) is 5.48. The topological polar surface area (TPSA) is 111 Å². The van der Waals surface area contributed by atoms with Crippen LogP contribution >= 0.6 is 0 Å². The third-order valence-electron chi connectivity index (χ3n) is 4.61. The highest BCUT2D eigenvalue weighted by Gasteiger charge is 2.48. The van der Waals surface area contributed by atoms with E-state index in [0.29, 0.717) is 28.9 Å². The number of nitrogens with one attached hydrogen (secondary N) is 2. The maximum atomic E-state index is 12.3. The minimum absolute atomic E-state index is 0.253. The van der Waals surface area contributed by atoms with Gasteiger partial charge < -0.3 is 20.1 Å². The molecule has 2 N–H and O–H groups in total. The Morgan fingerprint density at radius 1 is 0.690 bits per heavy atom. The van der Waals surface area contributed by atoms with Gasteiger partial charge in [0, 0.05) is 11.4 Å². The average molecular weight is 396 g/mol. The lowest BCUT2D eigenvalue weighted by Crippen LogP contribution is -2.20. The summed E-state index contributed by atoms with van der Waals surface area (Å²) in [6.07, 6.45) is 0.457. The summed E-state index contributed by atoms with van der Waals surface area (Å²) in [4.78, 5) is 47.5. The Morgan fingerprint density at radius 2 is 1.03 bits per heavy atom. The van der Waals surface area contributed by atoms with Crippen molar-refractivity contribution >= 4 is 35.1 Å². The summed E-state index contributed by atoms with van der Waals surface area (Å²) in [5.74, 6) is -2.24. The predicted octanol–water partition coefficient (Wildman–Crippen LogP) is 2.47. The van der Waals surface area contributed by atoms with Crippen molar-refractivity contribution in [3.63, 3.8) is 0 Å². The van der Waals surface area contributed by atoms with Gasteiger partial charge in [0.15, 0.2) is 0 Å². The molecule has 0 bridgehead atoms. The number of carbonyl (C=O) groups excluding carboxylic acids is 4. The van der Waals surface area contributed by atoms with Crippen LogP contribution in [0.2, 0.25) is 0 Å². The van der Waals surface area contributed by atoms with E-state index in [2.05, 4.69) is 20.1 Å². The van der Waals surface area contributed by atoms with Crippen LogP contribution in [-0.4, -0.2) is 38.0 Å². The van der Waals surface area contributed by atoms with Crippen LogP contribution in [-0.2, 0) is 19.1 Å². The molecule has 0 aliphatic heterocycles. The van der Waals surface area contributed by atoms with Gasteiger partial charge in [-0.1, -0.05) is 0 Å². The first-order chi connectivity index (χ1) is 13.9. The molecule has 29 heavy (non-hydrogen) atoms. The van der Waals surface area contributed by atoms with Crippen LogP contribution in [0.15, 0.2) is 48.5 Å². The van der Waals surface area contributed by atoms with Crippen LogP contribution in [0.5, 0.6) is 0 Å². The van der Waals surface area contributed by atoms with E-state index in [1.54, 1.807) is 48.5 Å². The second-order valence-electron chi connectivity index (χ2n) is 6.57. The molecular weight excluding hydrogens is 376 g/mol. The van der Waals surface area contributed by atoms with Gasteiger partial charge in [-0.3, -0.25) is 9.59 Å². The Hall–Kier alpha value is -3.68. The van der Waals surface area contributed by atoms with E-state index in [1.165, 1.54) is 14.2 Å². The first-order valence-corrected chi connectivity index (χ1v) is 8.91. The number of hydrogen-bond acceptors (Lipinski definition) is 6. The highest BCUT2D eigenvalue weighted by atomic mass is 16.5. The van der Waals surface area contributed by atoms with E-state index in [9.17, 15) is 19.2 Å². The minimum atomic E-state index is -0.457. The van der Waals surface area contributed by atoms with Gasteiger partial charge in [-0.2, -0.15) is 0 Å². The smallest absolute Gasteiger partial charge is 0.337 e. The van der Waals surface area contributed by atoms with Gasteiger partial charge in [0.05, 0.1) is 37.2 Å². The zero-order valence-electron chi connectivity index (χ0n) is 15.9. The maximum absolute atomic E-state index is 12.3. The van der Waals surface area contributed by atoms with E-state index in [4.69, 9.17) is 0 Å². The highest BCUT2D eigenvalue weighted by molar-refractivity contribution is 6.03. The fourth-order valence-electron chi connectivity index (χ4n) is 2.86. The summed E-state index contributed by atoms with van der Waals surface area (Å²) in [5.41, 5.74) is 1.83. The molecule has 0 spiro atoms. The third-order valence-corrected chi connectivity index (χ3v) is 4.61. The zero-order valence-corrected chi connectivity index (χ0v) is 15.9. The number of ether oxygens (including phenoxy) is 2. The molecule has 0 saturated heterocycles. The Labute approximate surface area is 167 Å². The molecule has 150 valence electrons. The summed E-state index contributed by atoms with van der Waals surface area (Å²) in [6.45, 7) is 0. The number of rotatable bonds is 6. The first-order valence-electron chi connectivity index (χ1n) is 8.91. The lowest BCUT2D eigenvalue weighted by atomic mass is 10.2. The Bertz CT molecular complexity index is 859. The number of anilines is 2. The number of hydrogen-bond donors (Lipinski definition) is 2. The first kappa shape index (κ1) is 20.1. The minimum Gasteiger partial charge on any atom is -0.465 e. The Kier molecular flexibility index (Phi) is 5.92. The van der Waals surface area contributed by atoms with Gasteiger partial charge in [-0.05, 0) is 55.0 Å².